The molecule has 10 unspecified atom stereocenters. The minimum Gasteiger partial charge on any atom is -0.0848 e. The van der Waals surface area contributed by atoms with Gasteiger partial charge in [-0.2, -0.15) is 0 Å². The predicted molar refractivity (Wildman–Crippen MR) is 73.9 cm³/mol. The van der Waals surface area contributed by atoms with Crippen molar-refractivity contribution < 1.29 is 0 Å². The molecule has 5 rings (SSSR count). The van der Waals surface area contributed by atoms with Crippen LogP contribution in [0.4, 0.5) is 0 Å². The Morgan fingerprint density at radius 2 is 1.44 bits per heavy atom. The van der Waals surface area contributed by atoms with Gasteiger partial charge >= 0.3 is 0 Å². The van der Waals surface area contributed by atoms with E-state index in [2.05, 4.69) is 26.0 Å². The highest BCUT2D eigenvalue weighted by Gasteiger charge is 2.65. The first kappa shape index (κ1) is 10.5. The molecule has 4 bridgehead atoms. The van der Waals surface area contributed by atoms with Crippen molar-refractivity contribution in [2.45, 2.75) is 39.5 Å². The topological polar surface area (TPSA) is 0 Å². The second-order valence-corrected chi connectivity index (χ2v) is 8.32. The zero-order valence-corrected chi connectivity index (χ0v) is 11.8. The zero-order chi connectivity index (χ0) is 12.0. The van der Waals surface area contributed by atoms with E-state index < -0.39 is 0 Å². The molecule has 4 saturated carbocycles. The molecule has 18 heavy (non-hydrogen) atoms. The van der Waals surface area contributed by atoms with Crippen LogP contribution in [0.2, 0.25) is 0 Å². The van der Waals surface area contributed by atoms with Gasteiger partial charge in [-0.05, 0) is 78.4 Å². The fourth-order valence-corrected chi connectivity index (χ4v) is 7.49. The number of fused-ring (bicyclic) bond motifs is 12. The maximum absolute atomic E-state index is 2.60. The van der Waals surface area contributed by atoms with Crippen LogP contribution in [0.25, 0.3) is 0 Å². The first-order valence-corrected chi connectivity index (χ1v) is 8.44. The van der Waals surface area contributed by atoms with Crippen LogP contribution in [-0.2, 0) is 0 Å². The second-order valence-electron chi connectivity index (χ2n) is 8.32. The molecule has 0 radical (unpaired) electrons. The van der Waals surface area contributed by atoms with Crippen molar-refractivity contribution in [3.8, 4) is 0 Å². The Morgan fingerprint density at radius 1 is 0.722 bits per heavy atom. The standard InChI is InChI=1S/C18H26/c1-9-3-6-13-14-8-15(16(13)10(9)2)18-12-5-4-11(7-12)17(14)18/h4-5,9-18H,3,6-8H2,1-2H3. The molecular formula is C18H26. The molecule has 0 amide bonds. The summed E-state index contributed by atoms with van der Waals surface area (Å²) in [7, 11) is 0. The summed E-state index contributed by atoms with van der Waals surface area (Å²) in [5.41, 5.74) is 0. The second kappa shape index (κ2) is 3.25. The molecule has 0 nitrogen and oxygen atoms in total. The van der Waals surface area contributed by atoms with Gasteiger partial charge in [0.05, 0.1) is 0 Å². The van der Waals surface area contributed by atoms with Crippen LogP contribution >= 0.6 is 0 Å². The molecule has 0 aromatic heterocycles. The molecule has 0 aromatic carbocycles. The summed E-state index contributed by atoms with van der Waals surface area (Å²) in [4.78, 5) is 0. The van der Waals surface area contributed by atoms with Gasteiger partial charge in [0.1, 0.15) is 0 Å². The average molecular weight is 242 g/mol. The lowest BCUT2D eigenvalue weighted by Gasteiger charge is -2.49. The summed E-state index contributed by atoms with van der Waals surface area (Å²) in [6.45, 7) is 5.10. The Balaban J connectivity index is 1.55. The molecule has 98 valence electrons. The first-order chi connectivity index (χ1) is 8.75. The van der Waals surface area contributed by atoms with Crippen molar-refractivity contribution in [2.24, 2.45) is 59.2 Å². The molecular weight excluding hydrogens is 216 g/mol. The molecule has 4 fully saturated rings. The summed E-state index contributed by atoms with van der Waals surface area (Å²) in [6, 6.07) is 0. The molecule has 0 heterocycles. The van der Waals surface area contributed by atoms with E-state index in [1.807, 2.05) is 0 Å². The van der Waals surface area contributed by atoms with Gasteiger partial charge in [0.15, 0.2) is 0 Å². The van der Waals surface area contributed by atoms with E-state index in [0.717, 1.165) is 59.2 Å². The summed E-state index contributed by atoms with van der Waals surface area (Å²) in [5, 5.41) is 0. The average Bonchev–Trinajstić information content (AvgIpc) is 3.08. The fourth-order valence-electron chi connectivity index (χ4n) is 7.49. The smallest absolute Gasteiger partial charge is 0.0194 e. The maximum atomic E-state index is 2.60. The van der Waals surface area contributed by atoms with Gasteiger partial charge in [0, 0.05) is 0 Å². The molecule has 0 heteroatoms. The van der Waals surface area contributed by atoms with Crippen molar-refractivity contribution in [3.05, 3.63) is 12.2 Å². The normalized spacial score (nSPS) is 67.4. The van der Waals surface area contributed by atoms with E-state index in [1.54, 1.807) is 12.8 Å². The summed E-state index contributed by atoms with van der Waals surface area (Å²) in [6.07, 6.45) is 11.4. The van der Waals surface area contributed by atoms with Gasteiger partial charge in [-0.3, -0.25) is 0 Å². The van der Waals surface area contributed by atoms with E-state index in [-0.39, 0.29) is 0 Å². The van der Waals surface area contributed by atoms with Crippen molar-refractivity contribution in [1.82, 2.24) is 0 Å². The van der Waals surface area contributed by atoms with Crippen LogP contribution in [0.15, 0.2) is 12.2 Å². The first-order valence-electron chi connectivity index (χ1n) is 8.44. The molecule has 0 N–H and O–H groups in total. The molecule has 5 aliphatic carbocycles. The van der Waals surface area contributed by atoms with Crippen molar-refractivity contribution in [3.63, 3.8) is 0 Å². The van der Waals surface area contributed by atoms with Crippen LogP contribution in [0, 0.1) is 59.2 Å². The predicted octanol–water partition coefficient (Wildman–Crippen LogP) is 4.37. The Kier molecular flexibility index (Phi) is 1.90. The SMILES string of the molecule is CC1CCC2C3CC(C2C1C)C1C2C=CC(C2)C31. The Labute approximate surface area is 111 Å². The van der Waals surface area contributed by atoms with Gasteiger partial charge in [0.2, 0.25) is 0 Å². The number of hydrogen-bond donors (Lipinski definition) is 0. The van der Waals surface area contributed by atoms with Crippen LogP contribution in [0.5, 0.6) is 0 Å². The molecule has 5 aliphatic rings. The quantitative estimate of drug-likeness (QED) is 0.437. The third-order valence-electron chi connectivity index (χ3n) is 8.11. The van der Waals surface area contributed by atoms with Crippen LogP contribution in [0.1, 0.15) is 39.5 Å². The molecule has 0 aromatic rings. The summed E-state index contributed by atoms with van der Waals surface area (Å²) >= 11 is 0. The third-order valence-corrected chi connectivity index (χ3v) is 8.11. The van der Waals surface area contributed by atoms with Crippen LogP contribution in [0.3, 0.4) is 0 Å². The number of allylic oxidation sites excluding steroid dienone is 2. The molecule has 10 atom stereocenters. The zero-order valence-electron chi connectivity index (χ0n) is 11.8. The lowest BCUT2D eigenvalue weighted by molar-refractivity contribution is 0.00230. The molecule has 0 saturated heterocycles. The third kappa shape index (κ3) is 1.03. The minimum atomic E-state index is 0.998. The van der Waals surface area contributed by atoms with E-state index in [0.29, 0.717) is 0 Å². The van der Waals surface area contributed by atoms with Gasteiger partial charge in [-0.1, -0.05) is 32.4 Å². The highest BCUT2D eigenvalue weighted by molar-refractivity contribution is 5.22. The largest absolute Gasteiger partial charge is 0.0848 e. The lowest BCUT2D eigenvalue weighted by Crippen LogP contribution is -2.43. The van der Waals surface area contributed by atoms with E-state index in [1.165, 1.54) is 12.8 Å². The van der Waals surface area contributed by atoms with Crippen molar-refractivity contribution in [1.29, 1.82) is 0 Å². The number of rotatable bonds is 0. The van der Waals surface area contributed by atoms with Crippen molar-refractivity contribution >= 4 is 0 Å². The van der Waals surface area contributed by atoms with Crippen LogP contribution in [-0.4, -0.2) is 0 Å². The summed E-state index contributed by atoms with van der Waals surface area (Å²) < 4.78 is 0. The van der Waals surface area contributed by atoms with E-state index in [4.69, 9.17) is 0 Å². The summed E-state index contributed by atoms with van der Waals surface area (Å²) in [5.74, 6) is 10.8. The van der Waals surface area contributed by atoms with Gasteiger partial charge in [-0.15, -0.1) is 0 Å². The Hall–Kier alpha value is -0.260. The van der Waals surface area contributed by atoms with Crippen molar-refractivity contribution in [2.75, 3.05) is 0 Å². The monoisotopic (exact) mass is 242 g/mol. The highest BCUT2D eigenvalue weighted by Crippen LogP contribution is 2.71. The molecule has 0 spiro atoms. The van der Waals surface area contributed by atoms with Gasteiger partial charge < -0.3 is 0 Å². The van der Waals surface area contributed by atoms with Crippen LogP contribution < -0.4 is 0 Å². The molecule has 0 aliphatic heterocycles. The maximum Gasteiger partial charge on any atom is -0.0194 e. The van der Waals surface area contributed by atoms with E-state index >= 15 is 0 Å². The van der Waals surface area contributed by atoms with Gasteiger partial charge in [-0.25, -0.2) is 0 Å². The highest BCUT2D eigenvalue weighted by atomic mass is 14.7. The number of hydrogen-bond acceptors (Lipinski definition) is 0. The lowest BCUT2D eigenvalue weighted by atomic mass is 9.56. The fraction of sp³-hybridized carbons (Fsp3) is 0.889. The minimum absolute atomic E-state index is 0.998. The van der Waals surface area contributed by atoms with E-state index in [9.17, 15) is 0 Å². The van der Waals surface area contributed by atoms with Gasteiger partial charge in [0.25, 0.3) is 0 Å². The Bertz CT molecular complexity index is 408. The Morgan fingerprint density at radius 3 is 2.22 bits per heavy atom.